The Morgan fingerprint density at radius 2 is 1.78 bits per heavy atom. The van der Waals surface area contributed by atoms with Crippen molar-refractivity contribution in [3.05, 3.63) is 64.1 Å². The minimum absolute atomic E-state index is 0.142. The van der Waals surface area contributed by atoms with E-state index >= 15 is 0 Å². The van der Waals surface area contributed by atoms with Crippen LogP contribution in [0.15, 0.2) is 53.0 Å². The standard InChI is InChI=1S/C20H24BrN3O3/c1-3-27-18-9-7-15(8-10-18)14(2)24-20(26)23-12-11-22-19(25)16-5-4-6-17(21)13-16/h4-10,13-14H,3,11-12H2,1-2H3,(H,22,25)(H2,23,24,26). The first kappa shape index (κ1) is 20.8. The first-order valence-electron chi connectivity index (χ1n) is 8.80. The van der Waals surface area contributed by atoms with E-state index in [0.717, 1.165) is 15.8 Å². The fourth-order valence-electron chi connectivity index (χ4n) is 2.43. The molecule has 6 nitrogen and oxygen atoms in total. The lowest BCUT2D eigenvalue weighted by Crippen LogP contribution is -2.41. The van der Waals surface area contributed by atoms with Crippen LogP contribution in [0.25, 0.3) is 0 Å². The lowest BCUT2D eigenvalue weighted by Gasteiger charge is -2.16. The predicted molar refractivity (Wildman–Crippen MR) is 109 cm³/mol. The van der Waals surface area contributed by atoms with Gasteiger partial charge in [-0.05, 0) is 49.7 Å². The van der Waals surface area contributed by atoms with Crippen molar-refractivity contribution in [1.29, 1.82) is 0 Å². The topological polar surface area (TPSA) is 79.5 Å². The summed E-state index contributed by atoms with van der Waals surface area (Å²) in [5, 5.41) is 8.37. The van der Waals surface area contributed by atoms with Crippen molar-refractivity contribution in [2.45, 2.75) is 19.9 Å². The van der Waals surface area contributed by atoms with E-state index in [0.29, 0.717) is 25.3 Å². The Kier molecular flexibility index (Phi) is 8.13. The van der Waals surface area contributed by atoms with Gasteiger partial charge in [0.05, 0.1) is 12.6 Å². The smallest absolute Gasteiger partial charge is 0.315 e. The second kappa shape index (κ2) is 10.6. The molecule has 3 N–H and O–H groups in total. The summed E-state index contributed by atoms with van der Waals surface area (Å²) in [6.07, 6.45) is 0. The number of carbonyl (C=O) groups excluding carboxylic acids is 2. The third kappa shape index (κ3) is 6.94. The maximum absolute atomic E-state index is 12.0. The minimum Gasteiger partial charge on any atom is -0.494 e. The monoisotopic (exact) mass is 433 g/mol. The molecule has 0 radical (unpaired) electrons. The van der Waals surface area contributed by atoms with Gasteiger partial charge in [0.1, 0.15) is 5.75 Å². The molecule has 0 saturated heterocycles. The summed E-state index contributed by atoms with van der Waals surface area (Å²) < 4.78 is 6.25. The van der Waals surface area contributed by atoms with E-state index in [-0.39, 0.29) is 18.0 Å². The van der Waals surface area contributed by atoms with Crippen LogP contribution in [-0.2, 0) is 0 Å². The van der Waals surface area contributed by atoms with Crippen molar-refractivity contribution in [1.82, 2.24) is 16.0 Å². The first-order valence-corrected chi connectivity index (χ1v) is 9.59. The van der Waals surface area contributed by atoms with Crippen LogP contribution in [0.3, 0.4) is 0 Å². The van der Waals surface area contributed by atoms with E-state index < -0.39 is 0 Å². The van der Waals surface area contributed by atoms with Gasteiger partial charge in [-0.25, -0.2) is 4.79 Å². The number of hydrogen-bond donors (Lipinski definition) is 3. The van der Waals surface area contributed by atoms with Gasteiger partial charge in [0.2, 0.25) is 0 Å². The predicted octanol–water partition coefficient (Wildman–Crippen LogP) is 3.64. The lowest BCUT2D eigenvalue weighted by molar-refractivity contribution is 0.0953. The number of halogens is 1. The molecule has 2 aromatic carbocycles. The van der Waals surface area contributed by atoms with Gasteiger partial charge >= 0.3 is 6.03 Å². The quantitative estimate of drug-likeness (QED) is 0.555. The van der Waals surface area contributed by atoms with Crippen LogP contribution in [0.2, 0.25) is 0 Å². The van der Waals surface area contributed by atoms with Crippen LogP contribution in [0.1, 0.15) is 35.8 Å². The number of rotatable bonds is 8. The van der Waals surface area contributed by atoms with Crippen molar-refractivity contribution in [2.24, 2.45) is 0 Å². The van der Waals surface area contributed by atoms with Crippen LogP contribution in [0.5, 0.6) is 5.75 Å². The van der Waals surface area contributed by atoms with Crippen molar-refractivity contribution in [2.75, 3.05) is 19.7 Å². The van der Waals surface area contributed by atoms with Crippen molar-refractivity contribution >= 4 is 27.9 Å². The summed E-state index contributed by atoms with van der Waals surface area (Å²) >= 11 is 3.33. The SMILES string of the molecule is CCOc1ccc(C(C)NC(=O)NCCNC(=O)c2cccc(Br)c2)cc1. The van der Waals surface area contributed by atoms with E-state index in [9.17, 15) is 9.59 Å². The van der Waals surface area contributed by atoms with Gasteiger partial charge < -0.3 is 20.7 Å². The van der Waals surface area contributed by atoms with Crippen LogP contribution < -0.4 is 20.7 Å². The number of nitrogens with one attached hydrogen (secondary N) is 3. The maximum atomic E-state index is 12.0. The number of benzene rings is 2. The summed E-state index contributed by atoms with van der Waals surface area (Å²) in [6.45, 7) is 5.14. The molecule has 2 aromatic rings. The largest absolute Gasteiger partial charge is 0.494 e. The van der Waals surface area contributed by atoms with Gasteiger partial charge in [-0.2, -0.15) is 0 Å². The molecular weight excluding hydrogens is 410 g/mol. The van der Waals surface area contributed by atoms with Gasteiger partial charge in [-0.1, -0.05) is 34.1 Å². The second-order valence-corrected chi connectivity index (χ2v) is 6.81. The molecule has 0 aliphatic heterocycles. The Bertz CT molecular complexity index is 765. The summed E-state index contributed by atoms with van der Waals surface area (Å²) in [7, 11) is 0. The Balaban J connectivity index is 1.70. The fraction of sp³-hybridized carbons (Fsp3) is 0.300. The average Bonchev–Trinajstić information content (AvgIpc) is 2.66. The molecule has 2 rings (SSSR count). The molecule has 0 bridgehead atoms. The summed E-state index contributed by atoms with van der Waals surface area (Å²) in [5.74, 6) is 0.625. The molecular formula is C20H24BrN3O3. The molecule has 3 amide bonds. The van der Waals surface area contributed by atoms with Gasteiger partial charge in [0, 0.05) is 23.1 Å². The van der Waals surface area contributed by atoms with Crippen molar-refractivity contribution < 1.29 is 14.3 Å². The Hall–Kier alpha value is -2.54. The zero-order valence-corrected chi connectivity index (χ0v) is 17.0. The molecule has 0 heterocycles. The molecule has 0 aromatic heterocycles. The van der Waals surface area contributed by atoms with Crippen LogP contribution in [-0.4, -0.2) is 31.6 Å². The number of carbonyl (C=O) groups is 2. The summed E-state index contributed by atoms with van der Waals surface area (Å²) in [6, 6.07) is 14.3. The van der Waals surface area contributed by atoms with Crippen LogP contribution >= 0.6 is 15.9 Å². The average molecular weight is 434 g/mol. The zero-order chi connectivity index (χ0) is 19.6. The molecule has 144 valence electrons. The molecule has 1 atom stereocenters. The van der Waals surface area contributed by atoms with E-state index in [1.807, 2.05) is 44.2 Å². The van der Waals surface area contributed by atoms with Crippen molar-refractivity contribution in [3.63, 3.8) is 0 Å². The van der Waals surface area contributed by atoms with Gasteiger partial charge in [-0.3, -0.25) is 4.79 Å². The van der Waals surface area contributed by atoms with E-state index in [1.165, 1.54) is 0 Å². The van der Waals surface area contributed by atoms with Crippen LogP contribution in [0, 0.1) is 0 Å². The molecule has 0 spiro atoms. The molecule has 0 aliphatic carbocycles. The highest BCUT2D eigenvalue weighted by Crippen LogP contribution is 2.17. The highest BCUT2D eigenvalue weighted by atomic mass is 79.9. The van der Waals surface area contributed by atoms with Crippen LogP contribution in [0.4, 0.5) is 4.79 Å². The Labute approximate surface area is 167 Å². The summed E-state index contributed by atoms with van der Waals surface area (Å²) in [4.78, 5) is 24.0. The lowest BCUT2D eigenvalue weighted by atomic mass is 10.1. The van der Waals surface area contributed by atoms with Gasteiger partial charge in [0.15, 0.2) is 0 Å². The molecule has 0 saturated carbocycles. The molecule has 7 heteroatoms. The normalized spacial score (nSPS) is 11.4. The zero-order valence-electron chi connectivity index (χ0n) is 15.4. The third-order valence-electron chi connectivity index (χ3n) is 3.82. The van der Waals surface area contributed by atoms with Gasteiger partial charge in [-0.15, -0.1) is 0 Å². The molecule has 27 heavy (non-hydrogen) atoms. The third-order valence-corrected chi connectivity index (χ3v) is 4.31. The van der Waals surface area contributed by atoms with Crippen molar-refractivity contribution in [3.8, 4) is 5.75 Å². The number of ether oxygens (including phenoxy) is 1. The second-order valence-electron chi connectivity index (χ2n) is 5.89. The van der Waals surface area contributed by atoms with E-state index in [2.05, 4.69) is 31.9 Å². The fourth-order valence-corrected chi connectivity index (χ4v) is 2.83. The van der Waals surface area contributed by atoms with Gasteiger partial charge in [0.25, 0.3) is 5.91 Å². The minimum atomic E-state index is -0.284. The number of hydrogen-bond acceptors (Lipinski definition) is 3. The molecule has 0 aliphatic rings. The Morgan fingerprint density at radius 3 is 2.44 bits per heavy atom. The molecule has 1 unspecified atom stereocenters. The number of urea groups is 1. The molecule has 0 fully saturated rings. The Morgan fingerprint density at radius 1 is 1.07 bits per heavy atom. The summed E-state index contributed by atoms with van der Waals surface area (Å²) in [5.41, 5.74) is 1.55. The highest BCUT2D eigenvalue weighted by molar-refractivity contribution is 9.10. The van der Waals surface area contributed by atoms with E-state index in [4.69, 9.17) is 4.74 Å². The number of amides is 3. The highest BCUT2D eigenvalue weighted by Gasteiger charge is 2.10. The van der Waals surface area contributed by atoms with E-state index in [1.54, 1.807) is 18.2 Å². The first-order chi connectivity index (χ1) is 13.0. The maximum Gasteiger partial charge on any atom is 0.315 e.